The van der Waals surface area contributed by atoms with Crippen molar-refractivity contribution in [3.8, 4) is 0 Å². The van der Waals surface area contributed by atoms with Gasteiger partial charge in [0.1, 0.15) is 19.3 Å². The van der Waals surface area contributed by atoms with Gasteiger partial charge in [0.2, 0.25) is 0 Å². The average molecular weight is 857 g/mol. The Kier molecular flexibility index (Phi) is 42.9. The first kappa shape index (κ1) is 58.0. The van der Waals surface area contributed by atoms with E-state index in [1.807, 2.05) is 21.1 Å². The molecule has 0 aromatic carbocycles. The van der Waals surface area contributed by atoms with Gasteiger partial charge in [-0.25, -0.2) is 4.57 Å². The summed E-state index contributed by atoms with van der Waals surface area (Å²) in [4.78, 5) is 23.0. The number of hydrogen-bond donors (Lipinski definition) is 1. The molecule has 0 fully saturated rings. The molecule has 1 N–H and O–H groups in total. The Morgan fingerprint density at radius 1 is 0.525 bits per heavy atom. The Hall–Kier alpha value is -1.02. The molecular weight excluding hydrogens is 758 g/mol. The second-order valence-corrected chi connectivity index (χ2v) is 19.7. The number of carbonyl (C=O) groups is 1. The van der Waals surface area contributed by atoms with E-state index in [1.165, 1.54) is 173 Å². The fourth-order valence-electron chi connectivity index (χ4n) is 7.11. The van der Waals surface area contributed by atoms with Crippen LogP contribution >= 0.6 is 7.82 Å². The van der Waals surface area contributed by atoms with Crippen LogP contribution in [0, 0.1) is 0 Å². The van der Waals surface area contributed by atoms with Crippen LogP contribution in [0.5, 0.6) is 0 Å². The average Bonchev–Trinajstić information content (AvgIpc) is 3.19. The summed E-state index contributed by atoms with van der Waals surface area (Å²) in [6.07, 6.45) is 50.7. The number of carbonyl (C=O) groups excluding carboxylic acids is 1. The fraction of sp³-hybridized carbons (Fsp3) is 0.900. The smallest absolute Gasteiger partial charge is 0.457 e. The van der Waals surface area contributed by atoms with E-state index in [2.05, 4.69) is 38.2 Å². The first-order valence-electron chi connectivity index (χ1n) is 25.1. The molecule has 8 nitrogen and oxygen atoms in total. The van der Waals surface area contributed by atoms with Crippen molar-refractivity contribution in [1.29, 1.82) is 0 Å². The molecule has 0 aliphatic heterocycles. The zero-order valence-corrected chi connectivity index (χ0v) is 40.6. The molecule has 0 heterocycles. The molecule has 9 heteroatoms. The predicted octanol–water partition coefficient (Wildman–Crippen LogP) is 15.2. The summed E-state index contributed by atoms with van der Waals surface area (Å²) in [5.41, 5.74) is 0. The van der Waals surface area contributed by atoms with Gasteiger partial charge in [0.25, 0.3) is 0 Å². The molecule has 0 aliphatic carbocycles. The van der Waals surface area contributed by atoms with Gasteiger partial charge in [-0.15, -0.1) is 0 Å². The first-order valence-corrected chi connectivity index (χ1v) is 26.6. The van der Waals surface area contributed by atoms with Crippen LogP contribution < -0.4 is 0 Å². The minimum absolute atomic E-state index is 0.0896. The number of rotatable bonds is 47. The van der Waals surface area contributed by atoms with Crippen molar-refractivity contribution in [3.05, 3.63) is 24.3 Å². The number of esters is 1. The Morgan fingerprint density at radius 2 is 0.932 bits per heavy atom. The standard InChI is InChI=1S/C50H98NO7P/c1-6-8-10-12-14-16-18-20-22-24-26-27-29-31-33-35-37-39-41-43-50(52)58-49(48-57-59(53,54)56-46-44-51(3,4)5)47-55-45-42-40-38-36-34-32-30-28-25-23-21-19-17-15-13-11-9-7-2/h15,17,21,23,49H,6-14,16,18-20,22,24-48H2,1-5H3/p+1/b17-15-,23-21-. The summed E-state index contributed by atoms with van der Waals surface area (Å²) in [5, 5.41) is 0. The highest BCUT2D eigenvalue weighted by molar-refractivity contribution is 7.47. The summed E-state index contributed by atoms with van der Waals surface area (Å²) in [7, 11) is 1.67. The lowest BCUT2D eigenvalue weighted by Gasteiger charge is -2.24. The van der Waals surface area contributed by atoms with Crippen LogP contribution in [0.25, 0.3) is 0 Å². The van der Waals surface area contributed by atoms with E-state index in [1.54, 1.807) is 0 Å². The van der Waals surface area contributed by atoms with E-state index in [-0.39, 0.29) is 25.8 Å². The van der Waals surface area contributed by atoms with Crippen LogP contribution in [0.1, 0.15) is 232 Å². The van der Waals surface area contributed by atoms with E-state index in [9.17, 15) is 14.3 Å². The lowest BCUT2D eigenvalue weighted by molar-refractivity contribution is -0.870. The number of allylic oxidation sites excluding steroid dienone is 4. The van der Waals surface area contributed by atoms with Gasteiger partial charge in [0, 0.05) is 13.0 Å². The Bertz CT molecular complexity index is 998. The number of nitrogens with zero attached hydrogens (tertiary/aromatic N) is 1. The maximum absolute atomic E-state index is 12.7. The molecular formula is C50H99NO7P+. The summed E-state index contributed by atoms with van der Waals surface area (Å²) in [6, 6.07) is 0. The quantitative estimate of drug-likeness (QED) is 0.0214. The fourth-order valence-corrected chi connectivity index (χ4v) is 7.86. The number of likely N-dealkylation sites (N-methyl/N-ethyl adjacent to an activating group) is 1. The van der Waals surface area contributed by atoms with Crippen molar-refractivity contribution in [2.45, 2.75) is 238 Å². The van der Waals surface area contributed by atoms with Gasteiger partial charge < -0.3 is 18.9 Å². The Labute approximate surface area is 366 Å². The van der Waals surface area contributed by atoms with Crippen LogP contribution in [-0.4, -0.2) is 75.6 Å². The highest BCUT2D eigenvalue weighted by atomic mass is 31.2. The van der Waals surface area contributed by atoms with Gasteiger partial charge in [0.15, 0.2) is 0 Å². The molecule has 0 saturated heterocycles. The maximum atomic E-state index is 12.7. The lowest BCUT2D eigenvalue weighted by Crippen LogP contribution is -2.37. The van der Waals surface area contributed by atoms with E-state index in [4.69, 9.17) is 18.5 Å². The third-order valence-electron chi connectivity index (χ3n) is 11.0. The maximum Gasteiger partial charge on any atom is 0.472 e. The number of phosphoric acid groups is 1. The van der Waals surface area contributed by atoms with E-state index < -0.39 is 13.9 Å². The van der Waals surface area contributed by atoms with E-state index in [0.29, 0.717) is 24.1 Å². The van der Waals surface area contributed by atoms with Crippen molar-refractivity contribution in [3.63, 3.8) is 0 Å². The molecule has 0 aromatic rings. The molecule has 2 atom stereocenters. The normalized spacial score (nSPS) is 13.8. The van der Waals surface area contributed by atoms with Crippen molar-refractivity contribution in [2.24, 2.45) is 0 Å². The van der Waals surface area contributed by atoms with Crippen LogP contribution in [0.3, 0.4) is 0 Å². The number of quaternary nitrogens is 1. The highest BCUT2D eigenvalue weighted by Gasteiger charge is 2.26. The van der Waals surface area contributed by atoms with Crippen LogP contribution in [-0.2, 0) is 27.9 Å². The molecule has 0 bridgehead atoms. The number of phosphoric ester groups is 1. The number of hydrogen-bond acceptors (Lipinski definition) is 6. The second kappa shape index (κ2) is 43.6. The molecule has 0 amide bonds. The van der Waals surface area contributed by atoms with Crippen LogP contribution in [0.4, 0.5) is 0 Å². The van der Waals surface area contributed by atoms with E-state index in [0.717, 1.165) is 38.5 Å². The van der Waals surface area contributed by atoms with Gasteiger partial charge in [-0.1, -0.05) is 205 Å². The van der Waals surface area contributed by atoms with Gasteiger partial charge in [0.05, 0.1) is 34.4 Å². The van der Waals surface area contributed by atoms with Gasteiger partial charge in [-0.2, -0.15) is 0 Å². The third-order valence-corrected chi connectivity index (χ3v) is 12.0. The van der Waals surface area contributed by atoms with Crippen LogP contribution in [0.2, 0.25) is 0 Å². The molecule has 0 aliphatic rings. The van der Waals surface area contributed by atoms with E-state index >= 15 is 0 Å². The highest BCUT2D eigenvalue weighted by Crippen LogP contribution is 2.43. The van der Waals surface area contributed by atoms with Crippen LogP contribution in [0.15, 0.2) is 24.3 Å². The summed E-state index contributed by atoms with van der Waals surface area (Å²) < 4.78 is 35.1. The largest absolute Gasteiger partial charge is 0.472 e. The summed E-state index contributed by atoms with van der Waals surface area (Å²) in [5.74, 6) is -0.311. The minimum atomic E-state index is -4.28. The van der Waals surface area contributed by atoms with Crippen molar-refractivity contribution in [2.75, 3.05) is 54.1 Å². The predicted molar refractivity (Wildman–Crippen MR) is 252 cm³/mol. The van der Waals surface area contributed by atoms with Crippen molar-refractivity contribution >= 4 is 13.8 Å². The molecule has 0 radical (unpaired) electrons. The topological polar surface area (TPSA) is 91.3 Å². The minimum Gasteiger partial charge on any atom is -0.457 e. The number of unbranched alkanes of at least 4 members (excludes halogenated alkanes) is 29. The summed E-state index contributed by atoms with van der Waals surface area (Å²) in [6.45, 7) is 5.63. The Balaban J connectivity index is 4.14. The molecule has 0 rings (SSSR count). The molecule has 2 unspecified atom stereocenters. The zero-order chi connectivity index (χ0) is 43.4. The number of ether oxygens (including phenoxy) is 2. The molecule has 59 heavy (non-hydrogen) atoms. The molecule has 0 spiro atoms. The molecule has 0 saturated carbocycles. The van der Waals surface area contributed by atoms with Crippen molar-refractivity contribution in [1.82, 2.24) is 0 Å². The zero-order valence-electron chi connectivity index (χ0n) is 39.8. The third kappa shape index (κ3) is 47.9. The molecule has 350 valence electrons. The summed E-state index contributed by atoms with van der Waals surface area (Å²) >= 11 is 0. The SMILES string of the molecule is CCCCC/C=C\C/C=C\CCCCCCCCCCOCC(COP(=O)(O)OCC[N+](C)(C)C)OC(=O)CCCCCCCCCCCCCCCCCCCCC. The first-order chi connectivity index (χ1) is 28.6. The van der Waals surface area contributed by atoms with Gasteiger partial charge in [-0.3, -0.25) is 13.8 Å². The van der Waals surface area contributed by atoms with Gasteiger partial charge in [-0.05, 0) is 44.9 Å². The lowest BCUT2D eigenvalue weighted by atomic mass is 10.0. The Morgan fingerprint density at radius 3 is 1.41 bits per heavy atom. The monoisotopic (exact) mass is 857 g/mol. The second-order valence-electron chi connectivity index (χ2n) is 18.2. The van der Waals surface area contributed by atoms with Crippen molar-refractivity contribution < 1.29 is 37.3 Å². The molecule has 0 aromatic heterocycles. The van der Waals surface area contributed by atoms with Gasteiger partial charge >= 0.3 is 13.8 Å².